The lowest BCUT2D eigenvalue weighted by atomic mass is 10.00. The summed E-state index contributed by atoms with van der Waals surface area (Å²) in [4.78, 5) is 1.90. The van der Waals surface area contributed by atoms with Gasteiger partial charge in [-0.1, -0.05) is 36.4 Å². The van der Waals surface area contributed by atoms with Gasteiger partial charge in [0.2, 0.25) is 0 Å². The van der Waals surface area contributed by atoms with Gasteiger partial charge in [-0.3, -0.25) is 4.90 Å². The predicted molar refractivity (Wildman–Crippen MR) is 83.4 cm³/mol. The molecule has 0 saturated heterocycles. The largest absolute Gasteiger partial charge is 0.395 e. The second-order valence-corrected chi connectivity index (χ2v) is 5.21. The van der Waals surface area contributed by atoms with E-state index < -0.39 is 6.04 Å². The number of aliphatic hydroxyl groups is 1. The molecule has 0 aliphatic heterocycles. The molecular formula is C18H19FN2O. The van der Waals surface area contributed by atoms with Gasteiger partial charge in [0.1, 0.15) is 11.9 Å². The predicted octanol–water partition coefficient (Wildman–Crippen LogP) is 3.19. The van der Waals surface area contributed by atoms with Gasteiger partial charge in [0, 0.05) is 13.1 Å². The summed E-state index contributed by atoms with van der Waals surface area (Å²) in [6.07, 6.45) is 0. The maximum absolute atomic E-state index is 13.3. The molecule has 3 nitrogen and oxygen atoms in total. The Morgan fingerprint density at radius 2 is 1.95 bits per heavy atom. The molecule has 0 spiro atoms. The molecule has 0 aliphatic rings. The van der Waals surface area contributed by atoms with Gasteiger partial charge in [0.25, 0.3) is 0 Å². The number of aliphatic hydroxyl groups excluding tert-OH is 1. The zero-order valence-electron chi connectivity index (χ0n) is 12.5. The molecule has 4 heteroatoms. The lowest BCUT2D eigenvalue weighted by Crippen LogP contribution is -2.30. The first-order valence-electron chi connectivity index (χ1n) is 7.20. The second-order valence-electron chi connectivity index (χ2n) is 5.21. The summed E-state index contributed by atoms with van der Waals surface area (Å²) in [5.74, 6) is -0.310. The minimum atomic E-state index is -0.520. The van der Waals surface area contributed by atoms with Gasteiger partial charge < -0.3 is 5.11 Å². The van der Waals surface area contributed by atoms with E-state index in [2.05, 4.69) is 6.07 Å². The van der Waals surface area contributed by atoms with Crippen molar-refractivity contribution in [2.24, 2.45) is 0 Å². The summed E-state index contributed by atoms with van der Waals surface area (Å²) in [5.41, 5.74) is 2.58. The van der Waals surface area contributed by atoms with Crippen LogP contribution in [0.3, 0.4) is 0 Å². The molecule has 22 heavy (non-hydrogen) atoms. The fourth-order valence-corrected chi connectivity index (χ4v) is 2.54. The Hall–Kier alpha value is -2.22. The topological polar surface area (TPSA) is 47.3 Å². The van der Waals surface area contributed by atoms with Crippen LogP contribution in [0.25, 0.3) is 0 Å². The van der Waals surface area contributed by atoms with Crippen LogP contribution in [0.15, 0.2) is 48.5 Å². The highest BCUT2D eigenvalue weighted by Gasteiger charge is 2.21. The first-order chi connectivity index (χ1) is 10.7. The number of hydrogen-bond donors (Lipinski definition) is 1. The molecule has 0 aliphatic carbocycles. The molecule has 0 saturated carbocycles. The lowest BCUT2D eigenvalue weighted by molar-refractivity contribution is 0.167. The monoisotopic (exact) mass is 298 g/mol. The highest BCUT2D eigenvalue weighted by Crippen LogP contribution is 2.25. The molecule has 2 aromatic carbocycles. The maximum Gasteiger partial charge on any atom is 0.124 e. The van der Waals surface area contributed by atoms with E-state index in [0.717, 1.165) is 16.7 Å². The Bertz CT molecular complexity index is 652. The van der Waals surface area contributed by atoms with Gasteiger partial charge in [-0.05, 0) is 35.7 Å². The van der Waals surface area contributed by atoms with Crippen LogP contribution in [0.4, 0.5) is 4.39 Å². The number of aryl methyl sites for hydroxylation is 1. The van der Waals surface area contributed by atoms with Crippen molar-refractivity contribution in [3.8, 4) is 6.07 Å². The third kappa shape index (κ3) is 3.91. The summed E-state index contributed by atoms with van der Waals surface area (Å²) >= 11 is 0. The molecule has 0 amide bonds. The van der Waals surface area contributed by atoms with Crippen molar-refractivity contribution >= 4 is 0 Å². The number of nitriles is 1. The fraction of sp³-hybridized carbons (Fsp3) is 0.278. The van der Waals surface area contributed by atoms with Gasteiger partial charge in [0.15, 0.2) is 0 Å². The Morgan fingerprint density at radius 1 is 1.23 bits per heavy atom. The summed E-state index contributed by atoms with van der Waals surface area (Å²) in [6, 6.07) is 16.0. The number of halogens is 1. The van der Waals surface area contributed by atoms with Gasteiger partial charge in [-0.25, -0.2) is 4.39 Å². The average molecular weight is 298 g/mol. The lowest BCUT2D eigenvalue weighted by Gasteiger charge is -2.27. The van der Waals surface area contributed by atoms with Crippen LogP contribution < -0.4 is 0 Å². The Balaban J connectivity index is 2.30. The van der Waals surface area contributed by atoms with Crippen LogP contribution in [-0.4, -0.2) is 23.2 Å². The number of rotatable bonds is 6. The molecule has 0 radical (unpaired) electrons. The van der Waals surface area contributed by atoms with Crippen LogP contribution in [-0.2, 0) is 6.54 Å². The first kappa shape index (κ1) is 16.2. The normalized spacial score (nSPS) is 12.1. The minimum Gasteiger partial charge on any atom is -0.395 e. The van der Waals surface area contributed by atoms with Crippen LogP contribution in [0.2, 0.25) is 0 Å². The van der Waals surface area contributed by atoms with Crippen molar-refractivity contribution in [2.45, 2.75) is 19.5 Å². The van der Waals surface area contributed by atoms with E-state index in [1.165, 1.54) is 12.1 Å². The van der Waals surface area contributed by atoms with E-state index in [4.69, 9.17) is 0 Å². The SMILES string of the molecule is Cc1cc(F)ccc1C(C#N)N(CCO)Cc1ccccc1. The molecule has 0 bridgehead atoms. The number of nitrogens with zero attached hydrogens (tertiary/aromatic N) is 2. The second kappa shape index (κ2) is 7.69. The van der Waals surface area contributed by atoms with Crippen molar-refractivity contribution < 1.29 is 9.50 Å². The molecule has 2 aromatic rings. The number of benzene rings is 2. The molecular weight excluding hydrogens is 279 g/mol. The van der Waals surface area contributed by atoms with Crippen molar-refractivity contribution in [1.82, 2.24) is 4.90 Å². The average Bonchev–Trinajstić information content (AvgIpc) is 2.51. The summed E-state index contributed by atoms with van der Waals surface area (Å²) < 4.78 is 13.3. The third-order valence-corrected chi connectivity index (χ3v) is 3.63. The van der Waals surface area contributed by atoms with Crippen molar-refractivity contribution in [3.05, 3.63) is 71.0 Å². The summed E-state index contributed by atoms with van der Waals surface area (Å²) in [5, 5.41) is 18.9. The Morgan fingerprint density at radius 3 is 2.55 bits per heavy atom. The molecule has 114 valence electrons. The van der Waals surface area contributed by atoms with E-state index in [0.29, 0.717) is 13.1 Å². The fourth-order valence-electron chi connectivity index (χ4n) is 2.54. The Labute approximate surface area is 130 Å². The van der Waals surface area contributed by atoms with Crippen LogP contribution in [0.1, 0.15) is 22.7 Å². The van der Waals surface area contributed by atoms with E-state index in [-0.39, 0.29) is 12.4 Å². The van der Waals surface area contributed by atoms with E-state index >= 15 is 0 Å². The van der Waals surface area contributed by atoms with Crippen molar-refractivity contribution in [3.63, 3.8) is 0 Å². The Kier molecular flexibility index (Phi) is 5.65. The van der Waals surface area contributed by atoms with E-state index in [1.54, 1.807) is 13.0 Å². The smallest absolute Gasteiger partial charge is 0.124 e. The van der Waals surface area contributed by atoms with Crippen LogP contribution >= 0.6 is 0 Å². The summed E-state index contributed by atoms with van der Waals surface area (Å²) in [7, 11) is 0. The quantitative estimate of drug-likeness (QED) is 0.891. The number of hydrogen-bond acceptors (Lipinski definition) is 3. The molecule has 2 rings (SSSR count). The molecule has 1 N–H and O–H groups in total. The van der Waals surface area contributed by atoms with Crippen molar-refractivity contribution in [2.75, 3.05) is 13.2 Å². The summed E-state index contributed by atoms with van der Waals surface area (Å²) in [6.45, 7) is 2.69. The molecule has 1 atom stereocenters. The molecule has 0 fully saturated rings. The maximum atomic E-state index is 13.3. The molecule has 1 unspecified atom stereocenters. The van der Waals surface area contributed by atoms with E-state index in [1.807, 2.05) is 35.2 Å². The highest BCUT2D eigenvalue weighted by atomic mass is 19.1. The molecule has 0 heterocycles. The standard InChI is InChI=1S/C18H19FN2O/c1-14-11-16(19)7-8-17(14)18(12-20)21(9-10-22)13-15-5-3-2-4-6-15/h2-8,11,18,22H,9-10,13H2,1H3. The highest BCUT2D eigenvalue weighted by molar-refractivity contribution is 5.33. The van der Waals surface area contributed by atoms with Crippen molar-refractivity contribution in [1.29, 1.82) is 5.26 Å². The van der Waals surface area contributed by atoms with Gasteiger partial charge in [-0.15, -0.1) is 0 Å². The van der Waals surface area contributed by atoms with Gasteiger partial charge in [0.05, 0.1) is 12.7 Å². The molecule has 0 aromatic heterocycles. The first-order valence-corrected chi connectivity index (χ1v) is 7.20. The van der Waals surface area contributed by atoms with Crippen LogP contribution in [0, 0.1) is 24.1 Å². The zero-order valence-corrected chi connectivity index (χ0v) is 12.5. The van der Waals surface area contributed by atoms with Crippen LogP contribution in [0.5, 0.6) is 0 Å². The zero-order chi connectivity index (χ0) is 15.9. The minimum absolute atomic E-state index is 0.0365. The van der Waals surface area contributed by atoms with Gasteiger partial charge >= 0.3 is 0 Å². The van der Waals surface area contributed by atoms with E-state index in [9.17, 15) is 14.8 Å². The van der Waals surface area contributed by atoms with Gasteiger partial charge in [-0.2, -0.15) is 5.26 Å². The third-order valence-electron chi connectivity index (χ3n) is 3.63.